The molecule has 206 valence electrons. The van der Waals surface area contributed by atoms with Crippen molar-refractivity contribution >= 4 is 5.97 Å². The molecule has 1 fully saturated rings. The first-order valence-electron chi connectivity index (χ1n) is 13.9. The number of hydrogen-bond acceptors (Lipinski definition) is 6. The van der Waals surface area contributed by atoms with Crippen molar-refractivity contribution in [2.24, 2.45) is 5.92 Å². The van der Waals surface area contributed by atoms with Crippen LogP contribution in [0.4, 0.5) is 0 Å². The van der Waals surface area contributed by atoms with Gasteiger partial charge in [-0.1, -0.05) is 103 Å². The SMILES string of the molecule is O=C([O-])COc1cccc(CC2CCN(Cc3ccccc3)C2c2nc(-c3ccccc3)c(-c3ccccc3)o2)c1.[Na+]. The van der Waals surface area contributed by atoms with Crippen molar-refractivity contribution in [2.45, 2.75) is 25.4 Å². The third kappa shape index (κ3) is 7.02. The molecule has 0 aliphatic carbocycles. The first-order valence-corrected chi connectivity index (χ1v) is 13.9. The number of likely N-dealkylation sites (tertiary alicyclic amines) is 1. The Morgan fingerprint density at radius 3 is 2.19 bits per heavy atom. The molecule has 1 aliphatic heterocycles. The predicted octanol–water partition coefficient (Wildman–Crippen LogP) is 2.95. The van der Waals surface area contributed by atoms with E-state index in [1.807, 2.05) is 54.6 Å². The van der Waals surface area contributed by atoms with Gasteiger partial charge in [0, 0.05) is 17.7 Å². The van der Waals surface area contributed by atoms with E-state index in [1.54, 1.807) is 6.07 Å². The van der Waals surface area contributed by atoms with Crippen molar-refractivity contribution in [2.75, 3.05) is 13.2 Å². The molecule has 42 heavy (non-hydrogen) atoms. The number of carbonyl (C=O) groups excluding carboxylic acids is 1. The van der Waals surface area contributed by atoms with E-state index in [4.69, 9.17) is 14.1 Å². The molecule has 1 saturated heterocycles. The van der Waals surface area contributed by atoms with Gasteiger partial charge in [-0.05, 0) is 48.6 Å². The van der Waals surface area contributed by atoms with Gasteiger partial charge in [-0.2, -0.15) is 0 Å². The largest absolute Gasteiger partial charge is 1.00 e. The van der Waals surface area contributed by atoms with Crippen molar-refractivity contribution in [3.05, 3.63) is 132 Å². The monoisotopic (exact) mass is 566 g/mol. The van der Waals surface area contributed by atoms with Crippen molar-refractivity contribution in [3.8, 4) is 28.3 Å². The molecule has 6 rings (SSSR count). The summed E-state index contributed by atoms with van der Waals surface area (Å²) in [4.78, 5) is 18.5. The van der Waals surface area contributed by atoms with E-state index in [9.17, 15) is 9.90 Å². The van der Waals surface area contributed by atoms with Crippen LogP contribution >= 0.6 is 0 Å². The fourth-order valence-corrected chi connectivity index (χ4v) is 5.74. The number of benzene rings is 4. The number of rotatable bonds is 10. The summed E-state index contributed by atoms with van der Waals surface area (Å²) in [5.74, 6) is 1.01. The van der Waals surface area contributed by atoms with E-state index in [2.05, 4.69) is 59.5 Å². The molecule has 0 radical (unpaired) electrons. The number of ether oxygens (including phenoxy) is 1. The number of hydrogen-bond donors (Lipinski definition) is 0. The van der Waals surface area contributed by atoms with Gasteiger partial charge in [-0.15, -0.1) is 0 Å². The molecule has 0 amide bonds. The van der Waals surface area contributed by atoms with Gasteiger partial charge in [0.1, 0.15) is 18.1 Å². The standard InChI is InChI=1S/C35H32N2O4.Na/c38-31(39)24-40-30-18-10-13-26(22-30)21-29-19-20-37(23-25-11-4-1-5-12-25)33(29)35-36-32(27-14-6-2-7-15-27)34(41-35)28-16-8-3-9-17-28;/h1-18,22,29,33H,19-21,23-24H2,(H,38,39);/q;+1/p-1. The molecule has 1 aromatic heterocycles. The summed E-state index contributed by atoms with van der Waals surface area (Å²) in [7, 11) is 0. The van der Waals surface area contributed by atoms with Gasteiger partial charge in [0.25, 0.3) is 0 Å². The van der Waals surface area contributed by atoms with Gasteiger partial charge in [0.2, 0.25) is 5.89 Å². The Hall–Kier alpha value is -3.68. The Morgan fingerprint density at radius 1 is 0.857 bits per heavy atom. The van der Waals surface area contributed by atoms with E-state index < -0.39 is 12.6 Å². The number of oxazole rings is 1. The summed E-state index contributed by atoms with van der Waals surface area (Å²) in [5.41, 5.74) is 5.18. The third-order valence-electron chi connectivity index (χ3n) is 7.59. The van der Waals surface area contributed by atoms with Crippen LogP contribution in [-0.2, 0) is 17.8 Å². The van der Waals surface area contributed by atoms with Gasteiger partial charge in [-0.3, -0.25) is 4.90 Å². The van der Waals surface area contributed by atoms with Crippen LogP contribution in [0.15, 0.2) is 120 Å². The molecule has 7 heteroatoms. The Bertz CT molecular complexity index is 1530. The molecule has 0 saturated carbocycles. The maximum Gasteiger partial charge on any atom is 1.00 e. The maximum absolute atomic E-state index is 10.9. The van der Waals surface area contributed by atoms with Crippen molar-refractivity contribution in [1.29, 1.82) is 0 Å². The summed E-state index contributed by atoms with van der Waals surface area (Å²) >= 11 is 0. The van der Waals surface area contributed by atoms with Crippen LogP contribution in [0.2, 0.25) is 0 Å². The average Bonchev–Trinajstić information content (AvgIpc) is 3.62. The summed E-state index contributed by atoms with van der Waals surface area (Å²) in [6, 6.07) is 38.4. The van der Waals surface area contributed by atoms with Gasteiger partial charge >= 0.3 is 29.6 Å². The number of carboxylic acids is 1. The summed E-state index contributed by atoms with van der Waals surface area (Å²) in [5, 5.41) is 10.9. The van der Waals surface area contributed by atoms with E-state index >= 15 is 0 Å². The second-order valence-corrected chi connectivity index (χ2v) is 10.4. The van der Waals surface area contributed by atoms with Gasteiger partial charge in [0.05, 0.1) is 12.0 Å². The fraction of sp³-hybridized carbons (Fsp3) is 0.200. The second-order valence-electron chi connectivity index (χ2n) is 10.4. The zero-order valence-electron chi connectivity index (χ0n) is 23.7. The molecule has 6 nitrogen and oxygen atoms in total. The maximum atomic E-state index is 10.9. The topological polar surface area (TPSA) is 78.6 Å². The zero-order valence-corrected chi connectivity index (χ0v) is 25.7. The van der Waals surface area contributed by atoms with E-state index in [-0.39, 0.29) is 41.5 Å². The van der Waals surface area contributed by atoms with Crippen molar-refractivity contribution in [3.63, 3.8) is 0 Å². The molecule has 2 unspecified atom stereocenters. The summed E-state index contributed by atoms with van der Waals surface area (Å²) < 4.78 is 12.1. The van der Waals surface area contributed by atoms with Crippen LogP contribution in [0, 0.1) is 5.92 Å². The van der Waals surface area contributed by atoms with Crippen LogP contribution in [-0.4, -0.2) is 29.0 Å². The Labute approximate surface area is 268 Å². The van der Waals surface area contributed by atoms with Crippen LogP contribution in [0.1, 0.15) is 29.5 Å². The number of aromatic nitrogens is 1. The smallest absolute Gasteiger partial charge is 0.546 e. The molecular formula is C35H31N2NaO4. The molecule has 0 N–H and O–H groups in total. The average molecular weight is 567 g/mol. The minimum Gasteiger partial charge on any atom is -0.546 e. The quantitative estimate of drug-likeness (QED) is 0.242. The molecule has 5 aromatic rings. The molecule has 0 spiro atoms. The first-order chi connectivity index (χ1) is 20.1. The summed E-state index contributed by atoms with van der Waals surface area (Å²) in [6.07, 6.45) is 1.76. The van der Waals surface area contributed by atoms with Crippen molar-refractivity contribution < 1.29 is 48.6 Å². The Balaban J connectivity index is 0.00000353. The van der Waals surface area contributed by atoms with E-state index in [0.29, 0.717) is 11.6 Å². The summed E-state index contributed by atoms with van der Waals surface area (Å²) in [6.45, 7) is 1.23. The number of carbonyl (C=O) groups is 1. The van der Waals surface area contributed by atoms with Gasteiger partial charge < -0.3 is 19.1 Å². The number of nitrogens with zero attached hydrogens (tertiary/aromatic N) is 2. The zero-order chi connectivity index (χ0) is 28.0. The van der Waals surface area contributed by atoms with Crippen molar-refractivity contribution in [1.82, 2.24) is 9.88 Å². The minimum atomic E-state index is -1.24. The molecule has 4 aromatic carbocycles. The van der Waals surface area contributed by atoms with Crippen LogP contribution in [0.5, 0.6) is 5.75 Å². The number of carboxylic acid groups (broad SMARTS) is 1. The Morgan fingerprint density at radius 2 is 1.50 bits per heavy atom. The van der Waals surface area contributed by atoms with Crippen LogP contribution in [0.3, 0.4) is 0 Å². The molecular weight excluding hydrogens is 535 g/mol. The fourth-order valence-electron chi connectivity index (χ4n) is 5.74. The third-order valence-corrected chi connectivity index (χ3v) is 7.59. The second kappa shape index (κ2) is 14.0. The first kappa shape index (κ1) is 29.8. The van der Waals surface area contributed by atoms with Gasteiger partial charge in [-0.25, -0.2) is 4.98 Å². The van der Waals surface area contributed by atoms with E-state index in [0.717, 1.165) is 54.1 Å². The minimum absolute atomic E-state index is 0. The van der Waals surface area contributed by atoms with Crippen LogP contribution < -0.4 is 39.4 Å². The number of aliphatic carboxylic acids is 1. The Kier molecular flexibility index (Phi) is 9.93. The molecule has 2 atom stereocenters. The molecule has 2 heterocycles. The normalized spacial score (nSPS) is 16.6. The van der Waals surface area contributed by atoms with Gasteiger partial charge in [0.15, 0.2) is 5.76 Å². The molecule has 1 aliphatic rings. The van der Waals surface area contributed by atoms with E-state index in [1.165, 1.54) is 5.56 Å². The van der Waals surface area contributed by atoms with Crippen LogP contribution in [0.25, 0.3) is 22.6 Å². The predicted molar refractivity (Wildman–Crippen MR) is 156 cm³/mol. The molecule has 0 bridgehead atoms.